The van der Waals surface area contributed by atoms with Gasteiger partial charge in [-0.15, -0.1) is 0 Å². The maximum Gasteiger partial charge on any atom is 0.321 e. The van der Waals surface area contributed by atoms with Crippen LogP contribution in [0.25, 0.3) is 0 Å². The van der Waals surface area contributed by atoms with Gasteiger partial charge >= 0.3 is 6.03 Å². The van der Waals surface area contributed by atoms with Crippen molar-refractivity contribution < 1.29 is 14.3 Å². The highest BCUT2D eigenvalue weighted by molar-refractivity contribution is 5.90. The molecule has 0 aliphatic carbocycles. The van der Waals surface area contributed by atoms with Crippen molar-refractivity contribution in [3.63, 3.8) is 0 Å². The monoisotopic (exact) mass is 374 g/mol. The van der Waals surface area contributed by atoms with Gasteiger partial charge in [-0.25, -0.2) is 4.79 Å². The molecule has 2 fully saturated rings. The summed E-state index contributed by atoms with van der Waals surface area (Å²) in [7, 11) is 0. The van der Waals surface area contributed by atoms with E-state index in [1.807, 2.05) is 31.7 Å². The summed E-state index contributed by atoms with van der Waals surface area (Å²) >= 11 is 0. The number of pyridine rings is 1. The Bertz CT molecular complexity index is 703. The van der Waals surface area contributed by atoms with Crippen LogP contribution in [0.1, 0.15) is 49.6 Å². The van der Waals surface area contributed by atoms with E-state index in [0.717, 1.165) is 48.3 Å². The van der Waals surface area contributed by atoms with Gasteiger partial charge in [0.1, 0.15) is 0 Å². The van der Waals surface area contributed by atoms with Gasteiger partial charge in [0.2, 0.25) is 5.91 Å². The number of piperidine rings is 1. The van der Waals surface area contributed by atoms with Crippen molar-refractivity contribution in [2.45, 2.75) is 65.1 Å². The quantitative estimate of drug-likeness (QED) is 0.852. The Morgan fingerprint density at radius 2 is 1.96 bits per heavy atom. The van der Waals surface area contributed by atoms with E-state index in [4.69, 9.17) is 4.74 Å². The summed E-state index contributed by atoms with van der Waals surface area (Å²) < 4.78 is 6.25. The smallest absolute Gasteiger partial charge is 0.321 e. The summed E-state index contributed by atoms with van der Waals surface area (Å²) in [4.78, 5) is 30.1. The molecule has 7 nitrogen and oxygen atoms in total. The molecule has 1 aromatic rings. The summed E-state index contributed by atoms with van der Waals surface area (Å²) in [6.45, 7) is 9.31. The number of aryl methyl sites for hydroxylation is 3. The molecular formula is C20H30N4O3. The van der Waals surface area contributed by atoms with Crippen molar-refractivity contribution in [2.24, 2.45) is 0 Å². The number of ether oxygens (including phenoxy) is 1. The van der Waals surface area contributed by atoms with Crippen LogP contribution in [0.5, 0.6) is 0 Å². The van der Waals surface area contributed by atoms with Gasteiger partial charge < -0.3 is 20.3 Å². The van der Waals surface area contributed by atoms with E-state index in [1.54, 1.807) is 0 Å². The normalized spacial score (nSPS) is 21.3. The van der Waals surface area contributed by atoms with Gasteiger partial charge in [0.15, 0.2) is 0 Å². The third-order valence-electron chi connectivity index (χ3n) is 5.64. The van der Waals surface area contributed by atoms with Crippen LogP contribution in [0.15, 0.2) is 6.07 Å². The van der Waals surface area contributed by atoms with E-state index in [0.29, 0.717) is 19.6 Å². The van der Waals surface area contributed by atoms with E-state index >= 15 is 0 Å². The van der Waals surface area contributed by atoms with Crippen LogP contribution in [-0.4, -0.2) is 53.2 Å². The van der Waals surface area contributed by atoms with Crippen LogP contribution in [-0.2, 0) is 9.53 Å². The molecule has 3 rings (SSSR count). The van der Waals surface area contributed by atoms with Crippen molar-refractivity contribution in [1.29, 1.82) is 0 Å². The third-order valence-corrected chi connectivity index (χ3v) is 5.64. The highest BCUT2D eigenvalue weighted by Crippen LogP contribution is 2.38. The van der Waals surface area contributed by atoms with Crippen molar-refractivity contribution >= 4 is 17.6 Å². The van der Waals surface area contributed by atoms with Gasteiger partial charge in [-0.1, -0.05) is 0 Å². The first-order chi connectivity index (χ1) is 12.8. The van der Waals surface area contributed by atoms with E-state index in [1.165, 1.54) is 6.92 Å². The summed E-state index contributed by atoms with van der Waals surface area (Å²) in [5.41, 5.74) is 3.49. The first-order valence-corrected chi connectivity index (χ1v) is 9.71. The maximum atomic E-state index is 12.7. The minimum absolute atomic E-state index is 0.0257. The van der Waals surface area contributed by atoms with Crippen molar-refractivity contribution in [2.75, 3.05) is 25.0 Å². The van der Waals surface area contributed by atoms with Gasteiger partial charge in [0.25, 0.3) is 0 Å². The molecule has 2 aliphatic heterocycles. The molecule has 0 bridgehead atoms. The number of anilines is 1. The van der Waals surface area contributed by atoms with Gasteiger partial charge in [-0.05, 0) is 58.1 Å². The third kappa shape index (κ3) is 4.58. The predicted octanol–water partition coefficient (Wildman–Crippen LogP) is 2.69. The predicted molar refractivity (Wildman–Crippen MR) is 104 cm³/mol. The van der Waals surface area contributed by atoms with Crippen LogP contribution in [0.2, 0.25) is 0 Å². The molecule has 148 valence electrons. The minimum atomic E-state index is -0.142. The fourth-order valence-corrected chi connectivity index (χ4v) is 4.18. The number of rotatable bonds is 3. The molecule has 7 heteroatoms. The van der Waals surface area contributed by atoms with Crippen LogP contribution in [0, 0.1) is 20.8 Å². The van der Waals surface area contributed by atoms with E-state index in [9.17, 15) is 9.59 Å². The number of urea groups is 1. The zero-order chi connectivity index (χ0) is 19.6. The molecule has 27 heavy (non-hydrogen) atoms. The lowest BCUT2D eigenvalue weighted by Crippen LogP contribution is -2.48. The molecule has 0 unspecified atom stereocenters. The fourth-order valence-electron chi connectivity index (χ4n) is 4.18. The second kappa shape index (κ2) is 7.84. The topological polar surface area (TPSA) is 83.6 Å². The molecule has 1 spiro atoms. The lowest BCUT2D eigenvalue weighted by atomic mass is 9.88. The number of likely N-dealkylation sites (tertiary alicyclic amines) is 1. The van der Waals surface area contributed by atoms with E-state index in [-0.39, 0.29) is 23.6 Å². The Kier molecular flexibility index (Phi) is 5.69. The second-order valence-electron chi connectivity index (χ2n) is 7.86. The number of amides is 3. The lowest BCUT2D eigenvalue weighted by molar-refractivity contribution is -0.120. The molecule has 1 atom stereocenters. The zero-order valence-electron chi connectivity index (χ0n) is 16.7. The number of carbonyl (C=O) groups excluding carboxylic acids is 2. The number of carbonyl (C=O) groups is 2. The Morgan fingerprint density at radius 1 is 1.26 bits per heavy atom. The molecule has 0 aromatic carbocycles. The largest absolute Gasteiger partial charge is 0.370 e. The second-order valence-corrected chi connectivity index (χ2v) is 7.86. The molecule has 1 aromatic heterocycles. The molecule has 2 N–H and O–H groups in total. The van der Waals surface area contributed by atoms with Crippen LogP contribution >= 0.6 is 0 Å². The van der Waals surface area contributed by atoms with Crippen LogP contribution in [0.3, 0.4) is 0 Å². The molecule has 0 radical (unpaired) electrons. The number of nitrogens with zero attached hydrogens (tertiary/aromatic N) is 2. The van der Waals surface area contributed by atoms with Crippen molar-refractivity contribution in [1.82, 2.24) is 15.2 Å². The van der Waals surface area contributed by atoms with E-state index in [2.05, 4.69) is 15.6 Å². The molecule has 2 aliphatic rings. The number of nitrogens with one attached hydrogen (secondary N) is 2. The Morgan fingerprint density at radius 3 is 2.59 bits per heavy atom. The minimum Gasteiger partial charge on any atom is -0.370 e. The van der Waals surface area contributed by atoms with Crippen LogP contribution < -0.4 is 10.6 Å². The Hall–Kier alpha value is -2.15. The first kappa shape index (κ1) is 19.6. The Balaban J connectivity index is 1.54. The van der Waals surface area contributed by atoms with Crippen molar-refractivity contribution in [3.05, 3.63) is 23.0 Å². The van der Waals surface area contributed by atoms with Crippen LogP contribution in [0.4, 0.5) is 10.5 Å². The lowest BCUT2D eigenvalue weighted by Gasteiger charge is -2.39. The Labute approximate surface area is 160 Å². The maximum absolute atomic E-state index is 12.7. The van der Waals surface area contributed by atoms with E-state index < -0.39 is 0 Å². The SMILES string of the molecule is CC(=O)NC[C@H]1CCC2(CCN(C(=O)Nc3c(C)cc(C)nc3C)CC2)O1. The number of aromatic nitrogens is 1. The number of hydrogen-bond acceptors (Lipinski definition) is 4. The van der Waals surface area contributed by atoms with Gasteiger partial charge in [-0.2, -0.15) is 0 Å². The van der Waals surface area contributed by atoms with Gasteiger partial charge in [0, 0.05) is 32.3 Å². The van der Waals surface area contributed by atoms with Gasteiger partial charge in [0.05, 0.1) is 23.1 Å². The first-order valence-electron chi connectivity index (χ1n) is 9.71. The molecule has 3 heterocycles. The van der Waals surface area contributed by atoms with Crippen molar-refractivity contribution in [3.8, 4) is 0 Å². The average Bonchev–Trinajstić information content (AvgIpc) is 2.99. The summed E-state index contributed by atoms with van der Waals surface area (Å²) in [6.07, 6.45) is 3.70. The highest BCUT2D eigenvalue weighted by atomic mass is 16.5. The average molecular weight is 374 g/mol. The standard InChI is InChI=1S/C20H30N4O3/c1-13-11-14(2)22-15(3)18(13)23-19(26)24-9-7-20(8-10-24)6-5-17(27-20)12-21-16(4)25/h11,17H,5-10,12H2,1-4H3,(H,21,25)(H,23,26)/t17-/m1/s1. The molecule has 2 saturated heterocycles. The summed E-state index contributed by atoms with van der Waals surface area (Å²) in [6, 6.07) is 1.91. The highest BCUT2D eigenvalue weighted by Gasteiger charge is 2.43. The zero-order valence-corrected chi connectivity index (χ0v) is 16.7. The summed E-state index contributed by atoms with van der Waals surface area (Å²) in [5.74, 6) is -0.0257. The number of hydrogen-bond donors (Lipinski definition) is 2. The molecular weight excluding hydrogens is 344 g/mol. The fraction of sp³-hybridized carbons (Fsp3) is 0.650. The molecule has 3 amide bonds. The molecule has 0 saturated carbocycles. The summed E-state index contributed by atoms with van der Waals surface area (Å²) in [5, 5.41) is 5.87. The van der Waals surface area contributed by atoms with Gasteiger partial charge in [-0.3, -0.25) is 9.78 Å².